The van der Waals surface area contributed by atoms with E-state index in [1.54, 1.807) is 0 Å². The number of benzene rings is 2. The molecule has 0 radical (unpaired) electrons. The molecule has 1 aliphatic heterocycles. The number of rotatable bonds is 5. The summed E-state index contributed by atoms with van der Waals surface area (Å²) < 4.78 is 29.1. The molecule has 1 atom stereocenters. The van der Waals surface area contributed by atoms with Crippen LogP contribution in [-0.2, 0) is 16.6 Å². The average molecular weight is 373 g/mol. The van der Waals surface area contributed by atoms with Gasteiger partial charge in [-0.1, -0.05) is 36.4 Å². The SMILES string of the molecule is Cc1cc(C)c(C)c(S(=O)(=O)NC2CCN(Cc3ccccc3)C2)c1C. The van der Waals surface area contributed by atoms with Crippen LogP contribution in [0.25, 0.3) is 0 Å². The van der Waals surface area contributed by atoms with Crippen LogP contribution in [0.15, 0.2) is 41.3 Å². The Morgan fingerprint density at radius 2 is 1.65 bits per heavy atom. The molecule has 1 saturated heterocycles. The van der Waals surface area contributed by atoms with Gasteiger partial charge < -0.3 is 0 Å². The van der Waals surface area contributed by atoms with Gasteiger partial charge in [-0.2, -0.15) is 0 Å². The van der Waals surface area contributed by atoms with Crippen LogP contribution in [0.3, 0.4) is 0 Å². The zero-order chi connectivity index (χ0) is 18.9. The summed E-state index contributed by atoms with van der Waals surface area (Å²) in [6, 6.07) is 12.3. The lowest BCUT2D eigenvalue weighted by molar-refractivity contribution is 0.324. The Kier molecular flexibility index (Phi) is 5.51. The van der Waals surface area contributed by atoms with Gasteiger partial charge in [-0.05, 0) is 61.9 Å². The maximum absolute atomic E-state index is 13.1. The molecule has 1 aliphatic rings. The van der Waals surface area contributed by atoms with Crippen LogP contribution in [0.5, 0.6) is 0 Å². The topological polar surface area (TPSA) is 49.4 Å². The summed E-state index contributed by atoms with van der Waals surface area (Å²) in [6.07, 6.45) is 0.842. The number of hydrogen-bond acceptors (Lipinski definition) is 3. The van der Waals surface area contributed by atoms with Crippen molar-refractivity contribution in [3.05, 3.63) is 64.2 Å². The molecule has 0 aromatic heterocycles. The summed E-state index contributed by atoms with van der Waals surface area (Å²) in [4.78, 5) is 2.76. The van der Waals surface area contributed by atoms with E-state index in [4.69, 9.17) is 0 Å². The third-order valence-corrected chi connectivity index (χ3v) is 7.20. The van der Waals surface area contributed by atoms with Crippen LogP contribution in [0.1, 0.15) is 34.2 Å². The van der Waals surface area contributed by atoms with E-state index < -0.39 is 10.0 Å². The second kappa shape index (κ2) is 7.51. The Morgan fingerprint density at radius 1 is 1.04 bits per heavy atom. The predicted molar refractivity (Wildman–Crippen MR) is 106 cm³/mol. The fraction of sp³-hybridized carbons (Fsp3) is 0.429. The Labute approximate surface area is 157 Å². The number of aryl methyl sites for hydroxylation is 2. The van der Waals surface area contributed by atoms with Crippen LogP contribution in [0, 0.1) is 27.7 Å². The Bertz CT molecular complexity index is 866. The van der Waals surface area contributed by atoms with E-state index in [0.717, 1.165) is 48.3 Å². The number of nitrogens with one attached hydrogen (secondary N) is 1. The first-order valence-corrected chi connectivity index (χ1v) is 10.6. The van der Waals surface area contributed by atoms with Gasteiger partial charge in [0.1, 0.15) is 0 Å². The molecule has 0 aliphatic carbocycles. The second-order valence-corrected chi connectivity index (χ2v) is 9.07. The van der Waals surface area contributed by atoms with Crippen molar-refractivity contribution in [1.82, 2.24) is 9.62 Å². The predicted octanol–water partition coefficient (Wildman–Crippen LogP) is 3.47. The first kappa shape index (κ1) is 19.1. The van der Waals surface area contributed by atoms with Crippen LogP contribution in [0.2, 0.25) is 0 Å². The number of nitrogens with zero attached hydrogens (tertiary/aromatic N) is 1. The van der Waals surface area contributed by atoms with Gasteiger partial charge in [0.2, 0.25) is 10.0 Å². The highest BCUT2D eigenvalue weighted by molar-refractivity contribution is 7.89. The highest BCUT2D eigenvalue weighted by Gasteiger charge is 2.29. The van der Waals surface area contributed by atoms with Crippen molar-refractivity contribution in [1.29, 1.82) is 0 Å². The van der Waals surface area contributed by atoms with Gasteiger partial charge in [0.05, 0.1) is 4.90 Å². The normalized spacial score (nSPS) is 18.4. The minimum absolute atomic E-state index is 0.0386. The Hall–Kier alpha value is -1.69. The number of hydrogen-bond donors (Lipinski definition) is 1. The van der Waals surface area contributed by atoms with E-state index in [-0.39, 0.29) is 6.04 Å². The molecule has 0 amide bonds. The summed E-state index contributed by atoms with van der Waals surface area (Å²) in [6.45, 7) is 10.2. The molecular formula is C21H28N2O2S. The van der Waals surface area contributed by atoms with Crippen LogP contribution >= 0.6 is 0 Å². The number of sulfonamides is 1. The summed E-state index contributed by atoms with van der Waals surface area (Å²) in [5.74, 6) is 0. The third-order valence-electron chi connectivity index (χ3n) is 5.41. The molecule has 2 aromatic carbocycles. The van der Waals surface area contributed by atoms with Crippen molar-refractivity contribution in [2.75, 3.05) is 13.1 Å². The molecule has 1 N–H and O–H groups in total. The summed E-state index contributed by atoms with van der Waals surface area (Å²) in [5.41, 5.74) is 4.99. The van der Waals surface area contributed by atoms with Gasteiger partial charge in [-0.25, -0.2) is 13.1 Å². The standard InChI is InChI=1S/C21H28N2O2S/c1-15-12-16(2)18(4)21(17(15)3)26(24,25)22-20-10-11-23(14-20)13-19-8-6-5-7-9-19/h5-9,12,20,22H,10-11,13-14H2,1-4H3. The molecule has 1 fully saturated rings. The molecule has 140 valence electrons. The van der Waals surface area contributed by atoms with Gasteiger partial charge in [0.25, 0.3) is 0 Å². The lowest BCUT2D eigenvalue weighted by Gasteiger charge is -2.20. The van der Waals surface area contributed by atoms with E-state index in [9.17, 15) is 8.42 Å². The van der Waals surface area contributed by atoms with Gasteiger partial charge >= 0.3 is 0 Å². The molecule has 1 unspecified atom stereocenters. The van der Waals surface area contributed by atoms with E-state index in [0.29, 0.717) is 4.90 Å². The maximum Gasteiger partial charge on any atom is 0.241 e. The fourth-order valence-corrected chi connectivity index (χ4v) is 5.65. The lowest BCUT2D eigenvalue weighted by atomic mass is 10.0. The van der Waals surface area contributed by atoms with Crippen molar-refractivity contribution in [2.24, 2.45) is 0 Å². The smallest absolute Gasteiger partial charge is 0.241 e. The van der Waals surface area contributed by atoms with E-state index in [1.165, 1.54) is 5.56 Å². The quantitative estimate of drug-likeness (QED) is 0.874. The molecule has 1 heterocycles. The van der Waals surface area contributed by atoms with E-state index in [2.05, 4.69) is 27.8 Å². The van der Waals surface area contributed by atoms with Crippen molar-refractivity contribution in [2.45, 2.75) is 51.6 Å². The van der Waals surface area contributed by atoms with Crippen molar-refractivity contribution in [3.63, 3.8) is 0 Å². The molecule has 5 heteroatoms. The molecule has 3 rings (SSSR count). The van der Waals surface area contributed by atoms with E-state index in [1.807, 2.05) is 45.9 Å². The van der Waals surface area contributed by atoms with Crippen molar-refractivity contribution < 1.29 is 8.42 Å². The molecule has 0 saturated carbocycles. The summed E-state index contributed by atoms with van der Waals surface area (Å²) in [7, 11) is -3.52. The highest BCUT2D eigenvalue weighted by atomic mass is 32.2. The van der Waals surface area contributed by atoms with Crippen LogP contribution < -0.4 is 4.72 Å². The first-order chi connectivity index (χ1) is 12.3. The van der Waals surface area contributed by atoms with Gasteiger partial charge in [0.15, 0.2) is 0 Å². The Morgan fingerprint density at radius 3 is 2.27 bits per heavy atom. The maximum atomic E-state index is 13.1. The minimum atomic E-state index is -3.52. The summed E-state index contributed by atoms with van der Waals surface area (Å²) >= 11 is 0. The molecule has 2 aromatic rings. The fourth-order valence-electron chi connectivity index (χ4n) is 3.78. The van der Waals surface area contributed by atoms with Gasteiger partial charge in [-0.3, -0.25) is 4.90 Å². The van der Waals surface area contributed by atoms with Gasteiger partial charge in [0, 0.05) is 25.7 Å². The molecule has 4 nitrogen and oxygen atoms in total. The zero-order valence-corrected chi connectivity index (χ0v) is 16.9. The van der Waals surface area contributed by atoms with E-state index >= 15 is 0 Å². The minimum Gasteiger partial charge on any atom is -0.297 e. The summed E-state index contributed by atoms with van der Waals surface area (Å²) in [5, 5.41) is 0. The van der Waals surface area contributed by atoms with Crippen LogP contribution in [-0.4, -0.2) is 32.4 Å². The third kappa shape index (κ3) is 4.00. The molecule has 0 spiro atoms. The Balaban J connectivity index is 1.73. The second-order valence-electron chi connectivity index (χ2n) is 7.42. The monoisotopic (exact) mass is 372 g/mol. The zero-order valence-electron chi connectivity index (χ0n) is 16.0. The van der Waals surface area contributed by atoms with Crippen molar-refractivity contribution >= 4 is 10.0 Å². The average Bonchev–Trinajstić information content (AvgIpc) is 3.00. The van der Waals surface area contributed by atoms with Crippen molar-refractivity contribution in [3.8, 4) is 0 Å². The van der Waals surface area contributed by atoms with Gasteiger partial charge in [-0.15, -0.1) is 0 Å². The molecular weight excluding hydrogens is 344 g/mol. The number of likely N-dealkylation sites (tertiary alicyclic amines) is 1. The lowest BCUT2D eigenvalue weighted by Crippen LogP contribution is -2.37. The molecule has 26 heavy (non-hydrogen) atoms. The first-order valence-electron chi connectivity index (χ1n) is 9.14. The molecule has 0 bridgehead atoms. The largest absolute Gasteiger partial charge is 0.297 e. The van der Waals surface area contributed by atoms with Crippen LogP contribution in [0.4, 0.5) is 0 Å². The highest BCUT2D eigenvalue weighted by Crippen LogP contribution is 2.27.